The fourth-order valence-corrected chi connectivity index (χ4v) is 3.28. The Morgan fingerprint density at radius 2 is 2.00 bits per heavy atom. The van der Waals surface area contributed by atoms with Crippen LogP contribution in [-0.4, -0.2) is 53.3 Å². The van der Waals surface area contributed by atoms with Crippen LogP contribution in [-0.2, 0) is 11.8 Å². The molecule has 0 spiro atoms. The lowest BCUT2D eigenvalue weighted by Gasteiger charge is -2.32. The summed E-state index contributed by atoms with van der Waals surface area (Å²) in [4.78, 5) is 19.2. The van der Waals surface area contributed by atoms with Crippen LogP contribution in [0.25, 0.3) is 0 Å². The van der Waals surface area contributed by atoms with E-state index in [1.807, 2.05) is 29.6 Å². The normalized spacial score (nSPS) is 19.8. The molecule has 1 amide bonds. The number of fused-ring (bicyclic) bond motifs is 1. The Morgan fingerprint density at radius 1 is 1.20 bits per heavy atom. The fourth-order valence-electron chi connectivity index (χ4n) is 3.28. The zero-order valence-corrected chi connectivity index (χ0v) is 14.4. The molecule has 0 bridgehead atoms. The number of benzene rings is 1. The number of carbonyl (C=O) groups excluding carboxylic acids is 1. The monoisotopic (exact) mass is 343 g/mol. The van der Waals surface area contributed by atoms with Crippen LogP contribution in [0.4, 0.5) is 0 Å². The number of aryl methyl sites for hydroxylation is 2. The van der Waals surface area contributed by atoms with Crippen molar-refractivity contribution in [2.75, 3.05) is 32.9 Å². The first-order valence-electron chi connectivity index (χ1n) is 8.42. The van der Waals surface area contributed by atoms with Crippen LogP contribution >= 0.6 is 0 Å². The first-order chi connectivity index (χ1) is 12.1. The van der Waals surface area contributed by atoms with E-state index in [4.69, 9.17) is 14.2 Å². The number of hydrogen-bond acceptors (Lipinski definition) is 5. The molecule has 1 aromatic carbocycles. The lowest BCUT2D eigenvalue weighted by atomic mass is 10.1. The number of aromatic nitrogens is 2. The van der Waals surface area contributed by atoms with Crippen molar-refractivity contribution >= 4 is 5.91 Å². The first kappa shape index (κ1) is 16.0. The van der Waals surface area contributed by atoms with Gasteiger partial charge >= 0.3 is 0 Å². The molecule has 1 fully saturated rings. The molecule has 0 aliphatic carbocycles. The van der Waals surface area contributed by atoms with Gasteiger partial charge in [-0.15, -0.1) is 0 Å². The topological polar surface area (TPSA) is 65.8 Å². The molecule has 0 saturated carbocycles. The summed E-state index contributed by atoms with van der Waals surface area (Å²) < 4.78 is 18.9. The van der Waals surface area contributed by atoms with Gasteiger partial charge in [0.2, 0.25) is 0 Å². The Morgan fingerprint density at radius 3 is 2.76 bits per heavy atom. The van der Waals surface area contributed by atoms with E-state index in [1.165, 1.54) is 0 Å². The number of morpholine rings is 1. The highest BCUT2D eigenvalue weighted by Gasteiger charge is 2.29. The minimum absolute atomic E-state index is 0.0313. The number of amides is 1. The van der Waals surface area contributed by atoms with Gasteiger partial charge in [0, 0.05) is 25.4 Å². The van der Waals surface area contributed by atoms with E-state index >= 15 is 0 Å². The molecule has 0 N–H and O–H groups in total. The van der Waals surface area contributed by atoms with Crippen molar-refractivity contribution in [2.24, 2.45) is 7.05 Å². The molecule has 1 aromatic heterocycles. The van der Waals surface area contributed by atoms with Gasteiger partial charge in [-0.3, -0.25) is 4.79 Å². The van der Waals surface area contributed by atoms with Crippen molar-refractivity contribution in [1.82, 2.24) is 14.5 Å². The fraction of sp³-hybridized carbons (Fsp3) is 0.444. The maximum Gasteiger partial charge on any atom is 0.254 e. The molecular formula is C18H21N3O4. The molecule has 1 unspecified atom stereocenters. The molecule has 7 heteroatoms. The van der Waals surface area contributed by atoms with E-state index < -0.39 is 0 Å². The van der Waals surface area contributed by atoms with Crippen molar-refractivity contribution < 1.29 is 19.0 Å². The molecule has 2 aliphatic rings. The van der Waals surface area contributed by atoms with Gasteiger partial charge < -0.3 is 23.7 Å². The maximum atomic E-state index is 12.9. The van der Waals surface area contributed by atoms with Gasteiger partial charge in [0.25, 0.3) is 5.91 Å². The summed E-state index contributed by atoms with van der Waals surface area (Å²) in [5, 5.41) is 0. The molecule has 2 aromatic rings. The molecule has 3 heterocycles. The summed E-state index contributed by atoms with van der Waals surface area (Å²) in [6.45, 7) is 4.53. The Hall–Kier alpha value is -2.54. The summed E-state index contributed by atoms with van der Waals surface area (Å²) in [6.07, 6.45) is 1.74. The zero-order chi connectivity index (χ0) is 17.4. The summed E-state index contributed by atoms with van der Waals surface area (Å²) in [7, 11) is 1.94. The second-order valence-corrected chi connectivity index (χ2v) is 6.32. The minimum Gasteiger partial charge on any atom is -0.486 e. The Balaban J connectivity index is 1.53. The van der Waals surface area contributed by atoms with Crippen molar-refractivity contribution in [3.63, 3.8) is 0 Å². The zero-order valence-electron chi connectivity index (χ0n) is 14.4. The molecular weight excluding hydrogens is 322 g/mol. The maximum absolute atomic E-state index is 12.9. The van der Waals surface area contributed by atoms with E-state index in [0.717, 1.165) is 11.5 Å². The third-order valence-corrected chi connectivity index (χ3v) is 4.46. The van der Waals surface area contributed by atoms with Crippen LogP contribution in [0.1, 0.15) is 28.0 Å². The van der Waals surface area contributed by atoms with E-state index in [9.17, 15) is 4.79 Å². The summed E-state index contributed by atoms with van der Waals surface area (Å²) in [6, 6.07) is 5.33. The summed E-state index contributed by atoms with van der Waals surface area (Å²) >= 11 is 0. The van der Waals surface area contributed by atoms with Crippen molar-refractivity contribution in [1.29, 1.82) is 0 Å². The number of carbonyl (C=O) groups is 1. The molecule has 2 aliphatic heterocycles. The second kappa shape index (κ2) is 6.40. The average molecular weight is 343 g/mol. The van der Waals surface area contributed by atoms with Gasteiger partial charge in [0.15, 0.2) is 11.5 Å². The average Bonchev–Trinajstić information content (AvgIpc) is 2.99. The van der Waals surface area contributed by atoms with Crippen LogP contribution in [0.5, 0.6) is 11.5 Å². The van der Waals surface area contributed by atoms with Crippen molar-refractivity contribution in [3.8, 4) is 11.5 Å². The quantitative estimate of drug-likeness (QED) is 0.831. The summed E-state index contributed by atoms with van der Waals surface area (Å²) in [5.41, 5.74) is 1.54. The van der Waals surface area contributed by atoms with Gasteiger partial charge in [-0.2, -0.15) is 0 Å². The number of nitrogens with zero attached hydrogens (tertiary/aromatic N) is 3. The lowest BCUT2D eigenvalue weighted by Crippen LogP contribution is -2.42. The van der Waals surface area contributed by atoms with Gasteiger partial charge in [-0.1, -0.05) is 0 Å². The Bertz CT molecular complexity index is 802. The molecule has 1 saturated heterocycles. The van der Waals surface area contributed by atoms with E-state index in [-0.39, 0.29) is 12.0 Å². The smallest absolute Gasteiger partial charge is 0.254 e. The predicted molar refractivity (Wildman–Crippen MR) is 90.0 cm³/mol. The standard InChI is InChI=1S/C18H21N3O4/c1-12-10-20(2)17(19-12)16-11-21(5-6-23-16)18(22)13-3-4-14-15(9-13)25-8-7-24-14/h3-4,9-10,16H,5-8,11H2,1-2H3. The molecule has 7 nitrogen and oxygen atoms in total. The Kier molecular flexibility index (Phi) is 4.09. The van der Waals surface area contributed by atoms with Crippen molar-refractivity contribution in [2.45, 2.75) is 13.0 Å². The minimum atomic E-state index is -0.214. The van der Waals surface area contributed by atoms with Crippen molar-refractivity contribution in [3.05, 3.63) is 41.5 Å². The lowest BCUT2D eigenvalue weighted by molar-refractivity contribution is -0.0279. The van der Waals surface area contributed by atoms with Crippen LogP contribution in [0.3, 0.4) is 0 Å². The molecule has 4 rings (SSSR count). The second-order valence-electron chi connectivity index (χ2n) is 6.32. The third kappa shape index (κ3) is 3.07. The van der Waals surface area contributed by atoms with Gasteiger partial charge in [-0.25, -0.2) is 4.98 Å². The third-order valence-electron chi connectivity index (χ3n) is 4.46. The molecule has 25 heavy (non-hydrogen) atoms. The Labute approximate surface area is 146 Å². The number of imidazole rings is 1. The SMILES string of the molecule is Cc1cn(C)c(C2CN(C(=O)c3ccc4c(c3)OCCO4)CCO2)n1. The van der Waals surface area contributed by atoms with Crippen LogP contribution in [0, 0.1) is 6.92 Å². The summed E-state index contributed by atoms with van der Waals surface area (Å²) in [5.74, 6) is 2.13. The molecule has 132 valence electrons. The predicted octanol–water partition coefficient (Wildman–Crippen LogP) is 1.71. The molecule has 0 radical (unpaired) electrons. The largest absolute Gasteiger partial charge is 0.486 e. The van der Waals surface area contributed by atoms with Gasteiger partial charge in [-0.05, 0) is 25.1 Å². The van der Waals surface area contributed by atoms with Crippen LogP contribution in [0.15, 0.2) is 24.4 Å². The van der Waals surface area contributed by atoms with E-state index in [0.29, 0.717) is 50.0 Å². The van der Waals surface area contributed by atoms with Crippen LogP contribution < -0.4 is 9.47 Å². The highest BCUT2D eigenvalue weighted by atomic mass is 16.6. The number of rotatable bonds is 2. The van der Waals surface area contributed by atoms with Crippen LogP contribution in [0.2, 0.25) is 0 Å². The molecule has 1 atom stereocenters. The first-order valence-corrected chi connectivity index (χ1v) is 8.42. The highest BCUT2D eigenvalue weighted by molar-refractivity contribution is 5.95. The van der Waals surface area contributed by atoms with E-state index in [2.05, 4.69) is 4.98 Å². The van der Waals surface area contributed by atoms with Gasteiger partial charge in [0.1, 0.15) is 25.1 Å². The van der Waals surface area contributed by atoms with E-state index in [1.54, 1.807) is 18.2 Å². The number of hydrogen-bond donors (Lipinski definition) is 0. The number of ether oxygens (including phenoxy) is 3. The highest BCUT2D eigenvalue weighted by Crippen LogP contribution is 2.31. The van der Waals surface area contributed by atoms with Gasteiger partial charge in [0.05, 0.1) is 18.8 Å².